The van der Waals surface area contributed by atoms with Gasteiger partial charge in [-0.25, -0.2) is 0 Å². The Hall–Kier alpha value is -1.61. The van der Waals surface area contributed by atoms with Crippen molar-refractivity contribution in [2.75, 3.05) is 19.6 Å². The number of halogens is 6. The van der Waals surface area contributed by atoms with E-state index in [0.717, 1.165) is 12.8 Å². The highest BCUT2D eigenvalue weighted by atomic mass is 19.4. The van der Waals surface area contributed by atoms with Crippen LogP contribution in [0.4, 0.5) is 26.3 Å². The molecule has 2 saturated carbocycles. The van der Waals surface area contributed by atoms with Gasteiger partial charge in [0, 0.05) is 36.3 Å². The van der Waals surface area contributed by atoms with E-state index in [-0.39, 0.29) is 35.4 Å². The van der Waals surface area contributed by atoms with Crippen LogP contribution in [0.15, 0.2) is 12.1 Å². The lowest BCUT2D eigenvalue weighted by molar-refractivity contribution is -0.820. The highest BCUT2D eigenvalue weighted by Crippen LogP contribution is 2.78. The molecule has 6 rings (SSSR count). The second-order valence-electron chi connectivity index (χ2n) is 11.3. The number of Topliss-reactive ketones (excluding diaryl/α,β-unsaturated/α-hetero) is 1. The Morgan fingerprint density at radius 1 is 1.06 bits per heavy atom. The molecule has 2 aliphatic carbocycles. The van der Waals surface area contributed by atoms with Crippen molar-refractivity contribution in [1.82, 2.24) is 5.32 Å². The average Bonchev–Trinajstić information content (AvgIpc) is 3.66. The molecule has 3 heterocycles. The molecule has 5 fully saturated rings. The Morgan fingerprint density at radius 2 is 1.76 bits per heavy atom. The molecular formula is C25H29F6N2O+. The first kappa shape index (κ1) is 22.8. The summed E-state index contributed by atoms with van der Waals surface area (Å²) in [4.78, 5) is 13.3. The minimum Gasteiger partial charge on any atom is -0.308 e. The fourth-order valence-electron chi connectivity index (χ4n) is 8.30. The van der Waals surface area contributed by atoms with Gasteiger partial charge in [0.1, 0.15) is 6.54 Å². The summed E-state index contributed by atoms with van der Waals surface area (Å²) in [5.74, 6) is -0.436. The Morgan fingerprint density at radius 3 is 2.38 bits per heavy atom. The number of alkyl halides is 6. The maximum atomic E-state index is 13.8. The van der Waals surface area contributed by atoms with Crippen LogP contribution < -0.4 is 5.32 Å². The molecule has 3 nitrogen and oxygen atoms in total. The zero-order valence-corrected chi connectivity index (χ0v) is 19.1. The van der Waals surface area contributed by atoms with Crippen molar-refractivity contribution in [2.24, 2.45) is 11.3 Å². The summed E-state index contributed by atoms with van der Waals surface area (Å²) in [5.41, 5.74) is -3.13. The maximum absolute atomic E-state index is 13.8. The quantitative estimate of drug-likeness (QED) is 0.269. The van der Waals surface area contributed by atoms with Crippen molar-refractivity contribution in [3.8, 4) is 0 Å². The summed E-state index contributed by atoms with van der Waals surface area (Å²) < 4.78 is 82.4. The first-order chi connectivity index (χ1) is 15.9. The van der Waals surface area contributed by atoms with Crippen molar-refractivity contribution in [3.05, 3.63) is 34.4 Å². The molecule has 0 amide bonds. The zero-order chi connectivity index (χ0) is 24.3. The number of carbonyl (C=O) groups is 1. The highest BCUT2D eigenvalue weighted by molar-refractivity contribution is 6.05. The van der Waals surface area contributed by atoms with Crippen LogP contribution in [0.1, 0.15) is 72.5 Å². The second-order valence-corrected chi connectivity index (χ2v) is 11.3. The van der Waals surface area contributed by atoms with Gasteiger partial charge in [0.05, 0.1) is 30.3 Å². The lowest BCUT2D eigenvalue weighted by atomic mass is 9.86. The van der Waals surface area contributed by atoms with Gasteiger partial charge in [0.2, 0.25) is 0 Å². The number of benzene rings is 1. The van der Waals surface area contributed by atoms with Gasteiger partial charge in [-0.1, -0.05) is 6.92 Å². The molecule has 5 atom stereocenters. The predicted octanol–water partition coefficient (Wildman–Crippen LogP) is 5.36. The Labute approximate surface area is 194 Å². The maximum Gasteiger partial charge on any atom is 0.417 e. The monoisotopic (exact) mass is 487 g/mol. The van der Waals surface area contributed by atoms with Crippen molar-refractivity contribution in [1.29, 1.82) is 0 Å². The van der Waals surface area contributed by atoms with E-state index >= 15 is 0 Å². The zero-order valence-electron chi connectivity index (χ0n) is 19.1. The molecule has 5 aliphatic rings. The van der Waals surface area contributed by atoms with Crippen LogP contribution in [-0.2, 0) is 18.8 Å². The first-order valence-corrected chi connectivity index (χ1v) is 12.4. The molecule has 1 aromatic carbocycles. The summed E-state index contributed by atoms with van der Waals surface area (Å²) in [5, 5.41) is 3.15. The van der Waals surface area contributed by atoms with Gasteiger partial charge in [0.15, 0.2) is 11.3 Å². The van der Waals surface area contributed by atoms with E-state index < -0.39 is 40.9 Å². The van der Waals surface area contributed by atoms with Crippen molar-refractivity contribution in [3.63, 3.8) is 0 Å². The van der Waals surface area contributed by atoms with Gasteiger partial charge in [-0.2, -0.15) is 26.3 Å². The number of quaternary nitrogens is 1. The summed E-state index contributed by atoms with van der Waals surface area (Å²) in [6.45, 7) is 5.12. The minimum atomic E-state index is -5.04. The molecule has 34 heavy (non-hydrogen) atoms. The Bertz CT molecular complexity index is 1060. The van der Waals surface area contributed by atoms with E-state index in [1.165, 1.54) is 56.7 Å². The van der Waals surface area contributed by atoms with Gasteiger partial charge >= 0.3 is 12.4 Å². The lowest BCUT2D eigenvalue weighted by Crippen LogP contribution is -2.38. The van der Waals surface area contributed by atoms with E-state index in [4.69, 9.17) is 0 Å². The number of rotatable bonds is 4. The number of nitrogens with zero attached hydrogens (tertiary/aromatic N) is 1. The predicted molar refractivity (Wildman–Crippen MR) is 112 cm³/mol. The number of fused-ring (bicyclic) bond motifs is 2. The standard InChI is InChI=1S/C25H29F6N2O/c1-2-14-10-15(24(26,27)28)11-16(25(29,30)31)18(14)21(34)20-19(32-20)17-12-22(17)6-5-7-23(22)13-33(23)8-3-4-9-33/h10-11,17,19-20,32H,2-9,12-13H2,1H3/q+1/t17?,19?,20?,22-,23-/m1/s1. The SMILES string of the molecule is CCc1cc(C(F)(F)F)cc(C(F)(F)F)c1C(=O)C1NC1C1C[C@]12CCC[C@@]21C[N+]12CCCC2. The second kappa shape index (κ2) is 6.78. The molecule has 0 bridgehead atoms. The van der Waals surface area contributed by atoms with Crippen molar-refractivity contribution in [2.45, 2.75) is 81.8 Å². The molecule has 3 saturated heterocycles. The van der Waals surface area contributed by atoms with Crippen LogP contribution >= 0.6 is 0 Å². The Kier molecular flexibility index (Phi) is 4.55. The van der Waals surface area contributed by atoms with Crippen LogP contribution in [-0.4, -0.2) is 47.5 Å². The van der Waals surface area contributed by atoms with Crippen LogP contribution in [0, 0.1) is 11.3 Å². The Balaban J connectivity index is 1.28. The number of nitrogens with one attached hydrogen (secondary N) is 1. The average molecular weight is 488 g/mol. The van der Waals surface area contributed by atoms with E-state index in [1.807, 2.05) is 0 Å². The van der Waals surface area contributed by atoms with E-state index in [9.17, 15) is 31.1 Å². The fraction of sp³-hybridized carbons (Fsp3) is 0.720. The van der Waals surface area contributed by atoms with Crippen LogP contribution in [0.3, 0.4) is 0 Å². The number of hydrogen-bond acceptors (Lipinski definition) is 2. The molecule has 186 valence electrons. The summed E-state index contributed by atoms with van der Waals surface area (Å²) in [7, 11) is 0. The van der Waals surface area contributed by atoms with Crippen molar-refractivity contribution >= 4 is 5.78 Å². The smallest absolute Gasteiger partial charge is 0.308 e. The molecule has 1 N–H and O–H groups in total. The first-order valence-electron chi connectivity index (χ1n) is 12.4. The molecule has 3 spiro atoms. The topological polar surface area (TPSA) is 39.0 Å². The van der Waals surface area contributed by atoms with Crippen LogP contribution in [0.2, 0.25) is 0 Å². The van der Waals surface area contributed by atoms with E-state index in [2.05, 4.69) is 5.32 Å². The molecule has 9 heteroatoms. The van der Waals surface area contributed by atoms with Gasteiger partial charge in [-0.3, -0.25) is 4.79 Å². The van der Waals surface area contributed by atoms with E-state index in [0.29, 0.717) is 11.6 Å². The molecule has 3 unspecified atom stereocenters. The van der Waals surface area contributed by atoms with Gasteiger partial charge in [-0.05, 0) is 49.3 Å². The highest BCUT2D eigenvalue weighted by Gasteiger charge is 2.88. The molecule has 0 aromatic heterocycles. The van der Waals surface area contributed by atoms with Gasteiger partial charge in [-0.15, -0.1) is 0 Å². The van der Waals surface area contributed by atoms with Crippen molar-refractivity contribution < 1.29 is 35.6 Å². The number of ketones is 1. The third-order valence-electron chi connectivity index (χ3n) is 9.88. The molecule has 0 radical (unpaired) electrons. The van der Waals surface area contributed by atoms with E-state index in [1.54, 1.807) is 0 Å². The minimum absolute atomic E-state index is 0.0814. The number of aryl methyl sites for hydroxylation is 1. The lowest BCUT2D eigenvalue weighted by Gasteiger charge is -2.25. The summed E-state index contributed by atoms with van der Waals surface area (Å²) in [6, 6.07) is -0.106. The normalized spacial score (nSPS) is 37.7. The van der Waals surface area contributed by atoms with Gasteiger partial charge in [0.25, 0.3) is 0 Å². The third-order valence-corrected chi connectivity index (χ3v) is 9.88. The molecular weight excluding hydrogens is 458 g/mol. The molecule has 1 aromatic rings. The van der Waals surface area contributed by atoms with Crippen LogP contribution in [0.25, 0.3) is 0 Å². The number of carbonyl (C=O) groups excluding carboxylic acids is 1. The molecule has 3 aliphatic heterocycles. The third kappa shape index (κ3) is 2.95. The summed E-state index contributed by atoms with van der Waals surface area (Å²) >= 11 is 0. The number of hydrogen-bond donors (Lipinski definition) is 1. The fourth-order valence-corrected chi connectivity index (χ4v) is 8.30. The largest absolute Gasteiger partial charge is 0.417 e. The van der Waals surface area contributed by atoms with Gasteiger partial charge < -0.3 is 9.80 Å². The summed E-state index contributed by atoms with van der Waals surface area (Å²) in [6.07, 6.45) is -3.05. The van der Waals surface area contributed by atoms with Crippen LogP contribution in [0.5, 0.6) is 0 Å².